The number of carbonyl (C=O) groups is 2. The number of hydrogen-bond acceptors (Lipinski definition) is 3. The minimum Gasteiger partial charge on any atom is -0.341 e. The molecule has 0 saturated carbocycles. The normalized spacial score (nSPS) is 11.1. The van der Waals surface area contributed by atoms with E-state index in [1.807, 2.05) is 30.3 Å². The Kier molecular flexibility index (Phi) is 3.87. The molecule has 0 bridgehead atoms. The molecule has 0 fully saturated rings. The van der Waals surface area contributed by atoms with Gasteiger partial charge in [0.15, 0.2) is 12.1 Å². The first-order valence-electron chi connectivity index (χ1n) is 5.71. The summed E-state index contributed by atoms with van der Waals surface area (Å²) in [5.74, 6) is -0.164. The van der Waals surface area contributed by atoms with Gasteiger partial charge in [0.1, 0.15) is 0 Å². The topological polar surface area (TPSA) is 66.1 Å². The molecule has 1 heterocycles. The number of nitrogens with zero attached hydrogens (tertiary/aromatic N) is 2. The van der Waals surface area contributed by atoms with Crippen LogP contribution in [-0.4, -0.2) is 34.1 Å². The molecular weight excluding hydrogens is 242 g/mol. The summed E-state index contributed by atoms with van der Waals surface area (Å²) in [4.78, 5) is 31.0. The number of aromatic amines is 1. The van der Waals surface area contributed by atoms with Crippen molar-refractivity contribution in [2.24, 2.45) is 0 Å². The number of rotatable bonds is 4. The fourth-order valence-corrected chi connectivity index (χ4v) is 1.59. The molecule has 19 heavy (non-hydrogen) atoms. The van der Waals surface area contributed by atoms with Crippen molar-refractivity contribution in [3.05, 3.63) is 59.8 Å². The molecule has 0 radical (unpaired) electrons. The molecule has 96 valence electrons. The summed E-state index contributed by atoms with van der Waals surface area (Å²) < 4.78 is 0. The maximum absolute atomic E-state index is 12.0. The zero-order chi connectivity index (χ0) is 13.7. The first-order chi connectivity index (χ1) is 9.22. The molecule has 5 heteroatoms. The second-order valence-electron chi connectivity index (χ2n) is 3.90. The summed E-state index contributed by atoms with van der Waals surface area (Å²) in [6, 6.07) is 9.32. The van der Waals surface area contributed by atoms with Crippen LogP contribution in [-0.2, 0) is 4.79 Å². The van der Waals surface area contributed by atoms with Gasteiger partial charge in [-0.15, -0.1) is 0 Å². The Morgan fingerprint density at radius 3 is 2.63 bits per heavy atom. The van der Waals surface area contributed by atoms with Crippen molar-refractivity contribution in [1.29, 1.82) is 0 Å². The smallest absolute Gasteiger partial charge is 0.293 e. The molecule has 2 aromatic rings. The van der Waals surface area contributed by atoms with Crippen molar-refractivity contribution in [1.82, 2.24) is 14.9 Å². The average molecular weight is 255 g/mol. The van der Waals surface area contributed by atoms with Crippen LogP contribution in [0, 0.1) is 0 Å². The van der Waals surface area contributed by atoms with Gasteiger partial charge in [0, 0.05) is 19.4 Å². The van der Waals surface area contributed by atoms with Gasteiger partial charge in [0.25, 0.3) is 5.91 Å². The van der Waals surface area contributed by atoms with Gasteiger partial charge in [0.05, 0.1) is 5.70 Å². The van der Waals surface area contributed by atoms with Gasteiger partial charge in [-0.1, -0.05) is 30.3 Å². The number of hydrogen-bond donors (Lipinski definition) is 1. The molecule has 1 amide bonds. The van der Waals surface area contributed by atoms with Gasteiger partial charge < -0.3 is 9.88 Å². The number of aldehydes is 1. The molecule has 0 aliphatic carbocycles. The number of imidazole rings is 1. The van der Waals surface area contributed by atoms with E-state index in [0.29, 0.717) is 6.29 Å². The van der Waals surface area contributed by atoms with Crippen LogP contribution in [0.1, 0.15) is 16.2 Å². The molecule has 2 rings (SSSR count). The fourth-order valence-electron chi connectivity index (χ4n) is 1.59. The number of aromatic nitrogens is 2. The van der Waals surface area contributed by atoms with Gasteiger partial charge in [-0.2, -0.15) is 0 Å². The van der Waals surface area contributed by atoms with E-state index >= 15 is 0 Å². The molecule has 0 atom stereocenters. The number of allylic oxidation sites excluding steroid dienone is 1. The highest BCUT2D eigenvalue weighted by Crippen LogP contribution is 2.10. The maximum atomic E-state index is 12.0. The third kappa shape index (κ3) is 2.95. The van der Waals surface area contributed by atoms with E-state index in [9.17, 15) is 9.59 Å². The lowest BCUT2D eigenvalue weighted by molar-refractivity contribution is -0.105. The minimum atomic E-state index is -0.362. The Labute approximate surface area is 110 Å². The highest BCUT2D eigenvalue weighted by Gasteiger charge is 2.17. The molecule has 0 spiro atoms. The number of nitrogens with one attached hydrogen (secondary N) is 1. The van der Waals surface area contributed by atoms with Gasteiger partial charge in [-0.05, 0) is 11.6 Å². The van der Waals surface area contributed by atoms with E-state index < -0.39 is 0 Å². The van der Waals surface area contributed by atoms with Crippen molar-refractivity contribution >= 4 is 18.3 Å². The zero-order valence-electron chi connectivity index (χ0n) is 10.4. The van der Waals surface area contributed by atoms with Crippen molar-refractivity contribution in [3.8, 4) is 0 Å². The Morgan fingerprint density at radius 2 is 2.05 bits per heavy atom. The van der Waals surface area contributed by atoms with E-state index in [-0.39, 0.29) is 17.4 Å². The molecule has 5 nitrogen and oxygen atoms in total. The summed E-state index contributed by atoms with van der Waals surface area (Å²) in [5, 5.41) is 0. The summed E-state index contributed by atoms with van der Waals surface area (Å²) in [6.07, 6.45) is 5.34. The monoisotopic (exact) mass is 255 g/mol. The molecular formula is C14H13N3O2. The number of likely N-dealkylation sites (N-methyl/N-ethyl adjacent to an activating group) is 1. The van der Waals surface area contributed by atoms with Gasteiger partial charge in [-0.3, -0.25) is 9.59 Å². The summed E-state index contributed by atoms with van der Waals surface area (Å²) in [7, 11) is 1.54. The van der Waals surface area contributed by atoms with Crippen LogP contribution in [0.4, 0.5) is 0 Å². The Morgan fingerprint density at radius 1 is 1.32 bits per heavy atom. The number of benzene rings is 1. The average Bonchev–Trinajstić information content (AvgIpc) is 2.98. The molecule has 1 N–H and O–H groups in total. The summed E-state index contributed by atoms with van der Waals surface area (Å²) >= 11 is 0. The minimum absolute atomic E-state index is 0.198. The lowest BCUT2D eigenvalue weighted by Crippen LogP contribution is -2.27. The number of amides is 1. The highest BCUT2D eigenvalue weighted by atomic mass is 16.2. The summed E-state index contributed by atoms with van der Waals surface area (Å²) in [6.45, 7) is 0. The number of H-pyrrole nitrogens is 1. The fraction of sp³-hybridized carbons (Fsp3) is 0.0714. The van der Waals surface area contributed by atoms with E-state index in [0.717, 1.165) is 5.56 Å². The van der Waals surface area contributed by atoms with E-state index in [1.54, 1.807) is 12.3 Å². The van der Waals surface area contributed by atoms with Crippen LogP contribution in [0.25, 0.3) is 6.08 Å². The van der Waals surface area contributed by atoms with Crippen LogP contribution >= 0.6 is 0 Å². The quantitative estimate of drug-likeness (QED) is 0.668. The van der Waals surface area contributed by atoms with Gasteiger partial charge in [-0.25, -0.2) is 4.98 Å². The third-order valence-corrected chi connectivity index (χ3v) is 2.63. The first kappa shape index (κ1) is 12.8. The first-order valence-corrected chi connectivity index (χ1v) is 5.71. The number of carbonyl (C=O) groups excluding carboxylic acids is 2. The van der Waals surface area contributed by atoms with Crippen LogP contribution < -0.4 is 0 Å². The van der Waals surface area contributed by atoms with Crippen molar-refractivity contribution in [3.63, 3.8) is 0 Å². The predicted molar refractivity (Wildman–Crippen MR) is 71.2 cm³/mol. The molecule has 1 aromatic heterocycles. The second-order valence-corrected chi connectivity index (χ2v) is 3.90. The predicted octanol–water partition coefficient (Wildman–Crippen LogP) is 1.72. The highest BCUT2D eigenvalue weighted by molar-refractivity contribution is 5.97. The zero-order valence-corrected chi connectivity index (χ0v) is 10.4. The maximum Gasteiger partial charge on any atom is 0.293 e. The van der Waals surface area contributed by atoms with Gasteiger partial charge in [0.2, 0.25) is 0 Å². The van der Waals surface area contributed by atoms with Crippen molar-refractivity contribution in [2.75, 3.05) is 7.05 Å². The molecule has 0 aliphatic rings. The largest absolute Gasteiger partial charge is 0.341 e. The second kappa shape index (κ2) is 5.77. The molecule has 1 aromatic carbocycles. The lowest BCUT2D eigenvalue weighted by Gasteiger charge is -2.15. The molecule has 0 aliphatic heterocycles. The Hall–Kier alpha value is -2.69. The molecule has 0 saturated heterocycles. The summed E-state index contributed by atoms with van der Waals surface area (Å²) in [5.41, 5.74) is 1.12. The van der Waals surface area contributed by atoms with Crippen LogP contribution in [0.2, 0.25) is 0 Å². The van der Waals surface area contributed by atoms with Crippen LogP contribution in [0.3, 0.4) is 0 Å². The third-order valence-electron chi connectivity index (χ3n) is 2.63. The Balaban J connectivity index is 2.25. The van der Waals surface area contributed by atoms with Gasteiger partial charge >= 0.3 is 0 Å². The molecule has 0 unspecified atom stereocenters. The van der Waals surface area contributed by atoms with Crippen LogP contribution in [0.5, 0.6) is 0 Å². The SMILES string of the molecule is CN(C(=O)c1ncc[nH]1)C(C=O)=Cc1ccccc1. The van der Waals surface area contributed by atoms with E-state index in [2.05, 4.69) is 9.97 Å². The van der Waals surface area contributed by atoms with E-state index in [1.165, 1.54) is 18.1 Å². The Bertz CT molecular complexity index is 588. The van der Waals surface area contributed by atoms with Crippen LogP contribution in [0.15, 0.2) is 48.4 Å². The standard InChI is InChI=1S/C14H13N3O2/c1-17(14(19)13-15-7-8-16-13)12(10-18)9-11-5-3-2-4-6-11/h2-10H,1H3,(H,15,16). The van der Waals surface area contributed by atoms with E-state index in [4.69, 9.17) is 0 Å². The van der Waals surface area contributed by atoms with Crippen molar-refractivity contribution in [2.45, 2.75) is 0 Å². The van der Waals surface area contributed by atoms with Crippen molar-refractivity contribution < 1.29 is 9.59 Å². The lowest BCUT2D eigenvalue weighted by atomic mass is 10.2.